The third-order valence-corrected chi connectivity index (χ3v) is 12.5. The van der Waals surface area contributed by atoms with Gasteiger partial charge in [0.1, 0.15) is 0 Å². The van der Waals surface area contributed by atoms with Gasteiger partial charge in [-0.05, 0) is 118 Å². The van der Waals surface area contributed by atoms with Gasteiger partial charge in [-0.2, -0.15) is 0 Å². The van der Waals surface area contributed by atoms with Gasteiger partial charge in [0.25, 0.3) is 0 Å². The monoisotopic (exact) mass is 803 g/mol. The second kappa shape index (κ2) is 15.3. The molecule has 0 atom stereocenters. The van der Waals surface area contributed by atoms with E-state index < -0.39 is 0 Å². The normalized spacial score (nSPS) is 11.5. The fourth-order valence-electron chi connectivity index (χ4n) is 9.63. The summed E-state index contributed by atoms with van der Waals surface area (Å²) in [5.41, 5.74) is 17.3. The van der Waals surface area contributed by atoms with Crippen LogP contribution in [0.4, 0.5) is 17.1 Å². The maximum atomic E-state index is 2.43. The third-order valence-electron chi connectivity index (χ3n) is 12.5. The Morgan fingerprint density at radius 3 is 1.38 bits per heavy atom. The zero-order valence-electron chi connectivity index (χ0n) is 34.5. The maximum Gasteiger partial charge on any atom is 0.0562 e. The van der Waals surface area contributed by atoms with E-state index in [4.69, 9.17) is 0 Å². The van der Waals surface area contributed by atoms with Crippen LogP contribution in [0.5, 0.6) is 0 Å². The van der Waals surface area contributed by atoms with Crippen molar-refractivity contribution in [2.75, 3.05) is 4.90 Å². The molecule has 0 unspecified atom stereocenters. The Morgan fingerprint density at radius 2 is 0.730 bits per heavy atom. The van der Waals surface area contributed by atoms with Crippen molar-refractivity contribution in [1.82, 2.24) is 9.13 Å². The summed E-state index contributed by atoms with van der Waals surface area (Å²) in [5.74, 6) is 0. The van der Waals surface area contributed by atoms with Crippen molar-refractivity contribution >= 4 is 60.7 Å². The Kier molecular flexibility index (Phi) is 8.83. The number of benzene rings is 10. The molecule has 3 heteroatoms. The van der Waals surface area contributed by atoms with Crippen LogP contribution in [0.3, 0.4) is 0 Å². The molecule has 3 nitrogen and oxygen atoms in total. The first kappa shape index (κ1) is 36.5. The van der Waals surface area contributed by atoms with E-state index in [0.717, 1.165) is 39.5 Å². The number of hydrogen-bond donors (Lipinski definition) is 0. The molecule has 0 aliphatic carbocycles. The summed E-state index contributed by atoms with van der Waals surface area (Å²) >= 11 is 0. The van der Waals surface area contributed by atoms with E-state index in [1.807, 2.05) is 0 Å². The van der Waals surface area contributed by atoms with E-state index >= 15 is 0 Å². The van der Waals surface area contributed by atoms with Gasteiger partial charge in [-0.25, -0.2) is 0 Å². The topological polar surface area (TPSA) is 13.1 Å². The Labute approximate surface area is 366 Å². The quantitative estimate of drug-likeness (QED) is 0.149. The van der Waals surface area contributed by atoms with E-state index in [-0.39, 0.29) is 0 Å². The van der Waals surface area contributed by atoms with Crippen LogP contribution >= 0.6 is 0 Å². The van der Waals surface area contributed by atoms with E-state index in [0.29, 0.717) is 0 Å². The predicted molar refractivity (Wildman–Crippen MR) is 266 cm³/mol. The van der Waals surface area contributed by atoms with Crippen LogP contribution in [0.1, 0.15) is 0 Å². The first-order chi connectivity index (χ1) is 31.3. The summed E-state index contributed by atoms with van der Waals surface area (Å²) in [6.07, 6.45) is 0. The maximum absolute atomic E-state index is 2.43. The average molecular weight is 804 g/mol. The number of anilines is 3. The lowest BCUT2D eigenvalue weighted by molar-refractivity contribution is 1.17. The molecule has 296 valence electrons. The number of fused-ring (bicyclic) bond motifs is 6. The molecule has 2 aromatic heterocycles. The Balaban J connectivity index is 1.13. The van der Waals surface area contributed by atoms with E-state index in [1.165, 1.54) is 66.0 Å². The minimum Gasteiger partial charge on any atom is -0.310 e. The molecule has 0 saturated heterocycles. The molecule has 0 saturated carbocycles. The Morgan fingerprint density at radius 1 is 0.254 bits per heavy atom. The first-order valence-electron chi connectivity index (χ1n) is 21.6. The van der Waals surface area contributed by atoms with Crippen LogP contribution in [-0.4, -0.2) is 9.13 Å². The lowest BCUT2D eigenvalue weighted by atomic mass is 9.99. The van der Waals surface area contributed by atoms with Crippen molar-refractivity contribution in [1.29, 1.82) is 0 Å². The van der Waals surface area contributed by atoms with Crippen molar-refractivity contribution in [2.24, 2.45) is 0 Å². The van der Waals surface area contributed by atoms with Crippen LogP contribution in [0.15, 0.2) is 249 Å². The summed E-state index contributed by atoms with van der Waals surface area (Å²) < 4.78 is 4.83. The molecular formula is C60H41N3. The zero-order chi connectivity index (χ0) is 41.7. The predicted octanol–water partition coefficient (Wildman–Crippen LogP) is 16.4. The number of rotatable bonds is 8. The van der Waals surface area contributed by atoms with Crippen LogP contribution in [0.2, 0.25) is 0 Å². The van der Waals surface area contributed by atoms with Crippen LogP contribution in [0.25, 0.3) is 88.4 Å². The molecule has 0 bridgehead atoms. The minimum atomic E-state index is 1.07. The van der Waals surface area contributed by atoms with Crippen LogP contribution < -0.4 is 4.90 Å². The van der Waals surface area contributed by atoms with Gasteiger partial charge in [0.05, 0.1) is 22.1 Å². The number of nitrogens with zero attached hydrogens (tertiary/aromatic N) is 3. The van der Waals surface area contributed by atoms with Gasteiger partial charge in [-0.15, -0.1) is 0 Å². The van der Waals surface area contributed by atoms with Crippen LogP contribution in [-0.2, 0) is 0 Å². The highest BCUT2D eigenvalue weighted by Gasteiger charge is 2.22. The van der Waals surface area contributed by atoms with Gasteiger partial charge in [0.2, 0.25) is 0 Å². The SMILES string of the molecule is c1ccc(-c2cccc(N(c3ccc4c(c3)c3cc(-c5ccccc5)ccc3n4-c3ccccc3)c3ccc4c5c(-c6ccccc6)cccc5n(-c5ccccc5)c4c3)c2)cc1. The van der Waals surface area contributed by atoms with Gasteiger partial charge in [0.15, 0.2) is 0 Å². The fourth-order valence-corrected chi connectivity index (χ4v) is 9.63. The molecule has 0 N–H and O–H groups in total. The number of aromatic nitrogens is 2. The number of hydrogen-bond acceptors (Lipinski definition) is 1. The molecule has 0 aliphatic heterocycles. The number of para-hydroxylation sites is 2. The molecule has 10 aromatic carbocycles. The highest BCUT2D eigenvalue weighted by atomic mass is 15.1. The molecule has 2 heterocycles. The van der Waals surface area contributed by atoms with E-state index in [2.05, 4.69) is 263 Å². The van der Waals surface area contributed by atoms with Crippen molar-refractivity contribution in [3.63, 3.8) is 0 Å². The van der Waals surface area contributed by atoms with Gasteiger partial charge >= 0.3 is 0 Å². The van der Waals surface area contributed by atoms with Gasteiger partial charge < -0.3 is 14.0 Å². The van der Waals surface area contributed by atoms with Crippen molar-refractivity contribution in [3.8, 4) is 44.8 Å². The lowest BCUT2D eigenvalue weighted by Crippen LogP contribution is -2.10. The second-order valence-electron chi connectivity index (χ2n) is 16.2. The molecule has 63 heavy (non-hydrogen) atoms. The first-order valence-corrected chi connectivity index (χ1v) is 21.6. The smallest absolute Gasteiger partial charge is 0.0562 e. The summed E-state index contributed by atoms with van der Waals surface area (Å²) in [4.78, 5) is 2.43. The summed E-state index contributed by atoms with van der Waals surface area (Å²) in [6.45, 7) is 0. The average Bonchev–Trinajstić information content (AvgIpc) is 3.87. The molecular weight excluding hydrogens is 763 g/mol. The van der Waals surface area contributed by atoms with E-state index in [1.54, 1.807) is 0 Å². The van der Waals surface area contributed by atoms with E-state index in [9.17, 15) is 0 Å². The standard InChI is InChI=1S/C60H41N3/c1-6-18-42(19-7-1)45-24-16-29-49(38-45)61(50-34-37-57-55(40-50)54-39-46(43-20-8-2-9-21-43)32-36-56(54)62(57)47-25-12-4-13-26-47)51-33-35-53-59(41-51)63(48-27-14-5-15-28-48)58-31-17-30-52(60(53)58)44-22-10-3-11-23-44/h1-41H. The summed E-state index contributed by atoms with van der Waals surface area (Å²) in [7, 11) is 0. The summed E-state index contributed by atoms with van der Waals surface area (Å²) in [5, 5.41) is 4.87. The highest BCUT2D eigenvalue weighted by molar-refractivity contribution is 6.17. The molecule has 12 aromatic rings. The minimum absolute atomic E-state index is 1.07. The lowest BCUT2D eigenvalue weighted by Gasteiger charge is -2.26. The molecule has 12 rings (SSSR count). The van der Waals surface area contributed by atoms with Crippen molar-refractivity contribution in [3.05, 3.63) is 249 Å². The molecule has 0 radical (unpaired) electrons. The van der Waals surface area contributed by atoms with Crippen LogP contribution in [0, 0.1) is 0 Å². The molecule has 0 aliphatic rings. The molecule has 0 spiro atoms. The Hall–Kier alpha value is -8.40. The third kappa shape index (κ3) is 6.29. The summed E-state index contributed by atoms with van der Waals surface area (Å²) in [6, 6.07) is 90.2. The largest absolute Gasteiger partial charge is 0.310 e. The van der Waals surface area contributed by atoms with Crippen molar-refractivity contribution in [2.45, 2.75) is 0 Å². The molecule has 0 fully saturated rings. The highest BCUT2D eigenvalue weighted by Crippen LogP contribution is 2.45. The Bertz CT molecular complexity index is 3590. The van der Waals surface area contributed by atoms with Gasteiger partial charge in [-0.1, -0.05) is 164 Å². The van der Waals surface area contributed by atoms with Gasteiger partial charge in [0, 0.05) is 50.0 Å². The fraction of sp³-hybridized carbons (Fsp3) is 0. The second-order valence-corrected chi connectivity index (χ2v) is 16.2. The zero-order valence-corrected chi connectivity index (χ0v) is 34.5. The molecule has 0 amide bonds. The van der Waals surface area contributed by atoms with Gasteiger partial charge in [-0.3, -0.25) is 0 Å². The van der Waals surface area contributed by atoms with Crippen molar-refractivity contribution < 1.29 is 0 Å².